The summed E-state index contributed by atoms with van der Waals surface area (Å²) < 4.78 is 0. The van der Waals surface area contributed by atoms with Crippen molar-refractivity contribution in [2.45, 2.75) is 19.4 Å². The van der Waals surface area contributed by atoms with Crippen LogP contribution < -0.4 is 4.90 Å². The SMILES string of the molecule is Cc1ccc(C2=Nc3ccccc3N3C(=O)c4ccccc4C3C2)cc1. The van der Waals surface area contributed by atoms with Gasteiger partial charge >= 0.3 is 0 Å². The van der Waals surface area contributed by atoms with E-state index >= 15 is 0 Å². The molecule has 3 heteroatoms. The summed E-state index contributed by atoms with van der Waals surface area (Å²) in [6.45, 7) is 2.08. The molecule has 1 atom stereocenters. The Labute approximate surface area is 152 Å². The molecule has 26 heavy (non-hydrogen) atoms. The molecule has 0 aromatic heterocycles. The van der Waals surface area contributed by atoms with E-state index in [1.165, 1.54) is 5.56 Å². The minimum Gasteiger partial charge on any atom is -0.298 e. The topological polar surface area (TPSA) is 32.7 Å². The molecular weight excluding hydrogens is 320 g/mol. The number of fused-ring (bicyclic) bond motifs is 5. The summed E-state index contributed by atoms with van der Waals surface area (Å²) in [4.78, 5) is 20.0. The highest BCUT2D eigenvalue weighted by atomic mass is 16.2. The molecule has 0 spiro atoms. The number of amides is 1. The van der Waals surface area contributed by atoms with E-state index in [0.717, 1.165) is 33.8 Å². The standard InChI is InChI=1S/C23H18N2O/c1-15-10-12-16(13-11-15)20-14-22-17-6-2-3-7-18(17)23(26)25(22)21-9-5-4-8-19(21)24-20/h2-13,22H,14H2,1H3. The van der Waals surface area contributed by atoms with Gasteiger partial charge in [0.1, 0.15) is 0 Å². The molecule has 2 aliphatic heterocycles. The fourth-order valence-corrected chi connectivity index (χ4v) is 3.94. The molecule has 5 rings (SSSR count). The van der Waals surface area contributed by atoms with Gasteiger partial charge in [-0.15, -0.1) is 0 Å². The van der Waals surface area contributed by atoms with E-state index in [1.54, 1.807) is 0 Å². The first kappa shape index (κ1) is 15.1. The van der Waals surface area contributed by atoms with Gasteiger partial charge < -0.3 is 0 Å². The summed E-state index contributed by atoms with van der Waals surface area (Å²) in [5.74, 6) is 0.0680. The molecule has 126 valence electrons. The molecular formula is C23H18N2O. The lowest BCUT2D eigenvalue weighted by molar-refractivity contribution is 0.0992. The summed E-state index contributed by atoms with van der Waals surface area (Å²) in [6.07, 6.45) is 0.709. The summed E-state index contributed by atoms with van der Waals surface area (Å²) in [5.41, 5.74) is 7.00. The molecule has 1 amide bonds. The number of aliphatic imine (C=N–C) groups is 1. The Morgan fingerprint density at radius 3 is 2.50 bits per heavy atom. The van der Waals surface area contributed by atoms with Crippen LogP contribution >= 0.6 is 0 Å². The van der Waals surface area contributed by atoms with Crippen molar-refractivity contribution in [1.82, 2.24) is 0 Å². The number of hydrogen-bond acceptors (Lipinski definition) is 2. The third-order valence-electron chi connectivity index (χ3n) is 5.25. The van der Waals surface area contributed by atoms with Crippen LogP contribution in [0.4, 0.5) is 11.4 Å². The van der Waals surface area contributed by atoms with Crippen molar-refractivity contribution in [2.24, 2.45) is 4.99 Å². The number of anilines is 1. The molecule has 3 aromatic carbocycles. The van der Waals surface area contributed by atoms with Crippen LogP contribution in [-0.4, -0.2) is 11.6 Å². The van der Waals surface area contributed by atoms with Crippen LogP contribution in [0.5, 0.6) is 0 Å². The van der Waals surface area contributed by atoms with E-state index in [0.29, 0.717) is 6.42 Å². The number of benzene rings is 3. The summed E-state index contributed by atoms with van der Waals surface area (Å²) in [5, 5.41) is 0. The summed E-state index contributed by atoms with van der Waals surface area (Å²) >= 11 is 0. The van der Waals surface area contributed by atoms with Gasteiger partial charge in [0.25, 0.3) is 5.91 Å². The number of nitrogens with zero attached hydrogens (tertiary/aromatic N) is 2. The Kier molecular flexibility index (Phi) is 3.29. The lowest BCUT2D eigenvalue weighted by atomic mass is 9.96. The molecule has 1 unspecified atom stereocenters. The van der Waals surface area contributed by atoms with E-state index in [1.807, 2.05) is 47.4 Å². The Morgan fingerprint density at radius 2 is 1.65 bits per heavy atom. The van der Waals surface area contributed by atoms with Crippen LogP contribution in [0.1, 0.15) is 39.5 Å². The average Bonchev–Trinajstić information content (AvgIpc) is 2.84. The number of aryl methyl sites for hydroxylation is 1. The molecule has 0 bridgehead atoms. The van der Waals surface area contributed by atoms with Crippen LogP contribution in [0.25, 0.3) is 0 Å². The maximum Gasteiger partial charge on any atom is 0.259 e. The Balaban J connectivity index is 1.71. The highest BCUT2D eigenvalue weighted by molar-refractivity contribution is 6.15. The normalized spacial score (nSPS) is 17.9. The van der Waals surface area contributed by atoms with Gasteiger partial charge in [-0.2, -0.15) is 0 Å². The third kappa shape index (κ3) is 2.21. The maximum atomic E-state index is 13.1. The van der Waals surface area contributed by atoms with Gasteiger partial charge in [0.2, 0.25) is 0 Å². The van der Waals surface area contributed by atoms with Crippen molar-refractivity contribution in [3.8, 4) is 0 Å². The van der Waals surface area contributed by atoms with Crippen LogP contribution in [0.15, 0.2) is 77.8 Å². The molecule has 0 saturated heterocycles. The Bertz CT molecular complexity index is 1050. The van der Waals surface area contributed by atoms with Crippen molar-refractivity contribution < 1.29 is 4.79 Å². The van der Waals surface area contributed by atoms with Gasteiger partial charge in [-0.1, -0.05) is 60.2 Å². The first-order chi connectivity index (χ1) is 12.7. The highest BCUT2D eigenvalue weighted by Crippen LogP contribution is 2.45. The van der Waals surface area contributed by atoms with Crippen molar-refractivity contribution in [2.75, 3.05) is 4.90 Å². The lowest BCUT2D eigenvalue weighted by Gasteiger charge is -2.24. The quantitative estimate of drug-likeness (QED) is 0.598. The molecule has 3 nitrogen and oxygen atoms in total. The number of para-hydroxylation sites is 2. The number of carbonyl (C=O) groups excluding carboxylic acids is 1. The first-order valence-corrected chi connectivity index (χ1v) is 8.88. The maximum absolute atomic E-state index is 13.1. The zero-order chi connectivity index (χ0) is 17.7. The van der Waals surface area contributed by atoms with Crippen LogP contribution in [0, 0.1) is 6.92 Å². The van der Waals surface area contributed by atoms with E-state index < -0.39 is 0 Å². The van der Waals surface area contributed by atoms with Crippen molar-refractivity contribution in [1.29, 1.82) is 0 Å². The lowest BCUT2D eigenvalue weighted by Crippen LogP contribution is -2.28. The van der Waals surface area contributed by atoms with E-state index in [-0.39, 0.29) is 11.9 Å². The van der Waals surface area contributed by atoms with Gasteiger partial charge in [-0.05, 0) is 36.2 Å². The summed E-state index contributed by atoms with van der Waals surface area (Å²) in [6, 6.07) is 24.3. The van der Waals surface area contributed by atoms with Gasteiger partial charge in [0, 0.05) is 12.0 Å². The predicted molar refractivity (Wildman–Crippen MR) is 104 cm³/mol. The zero-order valence-electron chi connectivity index (χ0n) is 14.5. The van der Waals surface area contributed by atoms with Crippen molar-refractivity contribution in [3.63, 3.8) is 0 Å². The number of rotatable bonds is 1. The fraction of sp³-hybridized carbons (Fsp3) is 0.130. The van der Waals surface area contributed by atoms with Crippen LogP contribution in [0.2, 0.25) is 0 Å². The van der Waals surface area contributed by atoms with Crippen LogP contribution in [0.3, 0.4) is 0 Å². The monoisotopic (exact) mass is 338 g/mol. The van der Waals surface area contributed by atoms with Crippen LogP contribution in [-0.2, 0) is 0 Å². The number of hydrogen-bond donors (Lipinski definition) is 0. The fourth-order valence-electron chi connectivity index (χ4n) is 3.94. The third-order valence-corrected chi connectivity index (χ3v) is 5.25. The average molecular weight is 338 g/mol. The molecule has 0 saturated carbocycles. The minimum atomic E-state index is -0.0117. The first-order valence-electron chi connectivity index (χ1n) is 8.88. The molecule has 0 N–H and O–H groups in total. The van der Waals surface area contributed by atoms with E-state index in [4.69, 9.17) is 4.99 Å². The van der Waals surface area contributed by atoms with E-state index in [2.05, 4.69) is 37.3 Å². The minimum absolute atomic E-state index is 0.0117. The largest absolute Gasteiger partial charge is 0.298 e. The smallest absolute Gasteiger partial charge is 0.259 e. The summed E-state index contributed by atoms with van der Waals surface area (Å²) in [7, 11) is 0. The number of carbonyl (C=O) groups is 1. The van der Waals surface area contributed by atoms with Gasteiger partial charge in [-0.25, -0.2) is 0 Å². The molecule has 0 radical (unpaired) electrons. The van der Waals surface area contributed by atoms with Gasteiger partial charge in [0.15, 0.2) is 0 Å². The Morgan fingerprint density at radius 1 is 0.923 bits per heavy atom. The molecule has 2 aliphatic rings. The predicted octanol–water partition coefficient (Wildman–Crippen LogP) is 5.22. The highest BCUT2D eigenvalue weighted by Gasteiger charge is 2.40. The molecule has 0 fully saturated rings. The Hall–Kier alpha value is -3.20. The molecule has 2 heterocycles. The van der Waals surface area contributed by atoms with Crippen molar-refractivity contribution >= 4 is 23.0 Å². The van der Waals surface area contributed by atoms with Crippen molar-refractivity contribution in [3.05, 3.63) is 95.1 Å². The molecule has 3 aromatic rings. The molecule has 0 aliphatic carbocycles. The second-order valence-electron chi connectivity index (χ2n) is 6.90. The zero-order valence-corrected chi connectivity index (χ0v) is 14.5. The second-order valence-corrected chi connectivity index (χ2v) is 6.90. The second kappa shape index (κ2) is 5.67. The van der Waals surface area contributed by atoms with E-state index in [9.17, 15) is 4.79 Å². The van der Waals surface area contributed by atoms with Gasteiger partial charge in [-0.3, -0.25) is 14.7 Å². The van der Waals surface area contributed by atoms with Gasteiger partial charge in [0.05, 0.1) is 23.1 Å².